The van der Waals surface area contributed by atoms with Crippen molar-refractivity contribution in [3.8, 4) is 100 Å². The maximum atomic E-state index is 2.41. The van der Waals surface area contributed by atoms with Crippen LogP contribution < -0.4 is 14.7 Å². The fourth-order valence-electron chi connectivity index (χ4n) is 20.7. The zero-order valence-corrected chi connectivity index (χ0v) is 81.2. The first-order valence-corrected chi connectivity index (χ1v) is 51.5. The Morgan fingerprint density at radius 1 is 0.125 bits per heavy atom. The molecular weight excluding hydrogens is 1800 g/mol. The second kappa shape index (κ2) is 39.1. The molecule has 0 fully saturated rings. The largest absolute Gasteiger partial charge is 0.310 e. The minimum absolute atomic E-state index is 1.13. The van der Waals surface area contributed by atoms with E-state index >= 15 is 0 Å². The van der Waals surface area contributed by atoms with Crippen molar-refractivity contribution >= 4 is 178 Å². The summed E-state index contributed by atoms with van der Waals surface area (Å²) in [5.41, 5.74) is 32.5. The molecule has 0 bridgehead atoms. The third-order valence-corrected chi connectivity index (χ3v) is 31.2. The average molecular weight is 1890 g/mol. The van der Waals surface area contributed by atoms with E-state index in [9.17, 15) is 0 Å². The first kappa shape index (κ1) is 87.6. The van der Waals surface area contributed by atoms with Crippen LogP contribution in [-0.4, -0.2) is 0 Å². The molecule has 3 aromatic heterocycles. The highest BCUT2D eigenvalue weighted by Gasteiger charge is 2.25. The molecule has 0 unspecified atom stereocenters. The van der Waals surface area contributed by atoms with Gasteiger partial charge in [-0.2, -0.15) is 0 Å². The van der Waals surface area contributed by atoms with Crippen LogP contribution in [0.2, 0.25) is 0 Å². The molecular formula is C138H93N3S3. The summed E-state index contributed by atoms with van der Waals surface area (Å²) in [6.07, 6.45) is 0. The molecule has 27 aromatic rings. The Hall–Kier alpha value is -17.9. The lowest BCUT2D eigenvalue weighted by molar-refractivity contribution is 1.29. The first-order chi connectivity index (χ1) is 71.4. The Labute approximate surface area is 850 Å². The van der Waals surface area contributed by atoms with Gasteiger partial charge >= 0.3 is 0 Å². The summed E-state index contributed by atoms with van der Waals surface area (Å²) < 4.78 is 7.73. The van der Waals surface area contributed by atoms with Gasteiger partial charge in [0, 0.05) is 95.6 Å². The maximum absolute atomic E-state index is 2.41. The minimum Gasteiger partial charge on any atom is -0.310 e. The van der Waals surface area contributed by atoms with E-state index in [-0.39, 0.29) is 0 Å². The van der Waals surface area contributed by atoms with Gasteiger partial charge in [0.2, 0.25) is 0 Å². The monoisotopic (exact) mass is 1890 g/mol. The van der Waals surface area contributed by atoms with Crippen molar-refractivity contribution < 1.29 is 0 Å². The minimum atomic E-state index is 1.13. The number of para-hydroxylation sites is 3. The Morgan fingerprint density at radius 3 is 0.806 bits per heavy atom. The molecule has 27 rings (SSSR count). The van der Waals surface area contributed by atoms with Crippen molar-refractivity contribution in [2.75, 3.05) is 14.7 Å². The van der Waals surface area contributed by atoms with Gasteiger partial charge in [-0.05, 0) is 272 Å². The number of nitrogens with zero attached hydrogens (tertiary/aromatic N) is 3. The molecule has 0 aliphatic carbocycles. The molecule has 6 heteroatoms. The highest BCUT2D eigenvalue weighted by Crippen LogP contribution is 2.52. The van der Waals surface area contributed by atoms with Crippen LogP contribution in [-0.2, 0) is 0 Å². The molecule has 0 atom stereocenters. The average Bonchev–Trinajstić information content (AvgIpc) is 1.57. The van der Waals surface area contributed by atoms with Crippen LogP contribution in [0.3, 0.4) is 0 Å². The van der Waals surface area contributed by atoms with Crippen LogP contribution in [0.25, 0.3) is 193 Å². The maximum Gasteiger partial charge on any atom is 0.0640 e. The van der Waals surface area contributed by atoms with Crippen LogP contribution in [0.5, 0.6) is 0 Å². The lowest BCUT2D eigenvalue weighted by Crippen LogP contribution is -2.10. The van der Waals surface area contributed by atoms with E-state index in [2.05, 4.69) is 579 Å². The quantitative estimate of drug-likeness (QED) is 0.0848. The number of hydrogen-bond acceptors (Lipinski definition) is 6. The molecule has 0 spiro atoms. The van der Waals surface area contributed by atoms with E-state index < -0.39 is 0 Å². The zero-order chi connectivity index (χ0) is 95.6. The Kier molecular flexibility index (Phi) is 23.8. The molecule has 0 radical (unpaired) electrons. The molecule has 3 heterocycles. The second-order valence-electron chi connectivity index (χ2n) is 36.5. The highest BCUT2D eigenvalue weighted by molar-refractivity contribution is 7.27. The van der Waals surface area contributed by atoms with E-state index in [0.717, 1.165) is 39.8 Å². The number of benzene rings is 24. The molecule has 0 amide bonds. The third kappa shape index (κ3) is 17.4. The van der Waals surface area contributed by atoms with Crippen molar-refractivity contribution in [3.05, 3.63) is 564 Å². The van der Waals surface area contributed by atoms with Gasteiger partial charge in [-0.25, -0.2) is 0 Å². The third-order valence-electron chi connectivity index (χ3n) is 27.8. The van der Waals surface area contributed by atoms with E-state index in [1.807, 2.05) is 34.0 Å². The fourth-order valence-corrected chi connectivity index (χ4v) is 24.2. The van der Waals surface area contributed by atoms with Gasteiger partial charge < -0.3 is 14.7 Å². The summed E-state index contributed by atoms with van der Waals surface area (Å²) in [7, 11) is 0. The van der Waals surface area contributed by atoms with Crippen LogP contribution >= 0.6 is 34.0 Å². The summed E-state index contributed by atoms with van der Waals surface area (Å²) in [5.74, 6) is 0. The highest BCUT2D eigenvalue weighted by atomic mass is 32.1. The molecule has 144 heavy (non-hydrogen) atoms. The molecule has 0 N–H and O–H groups in total. The number of fused-ring (bicyclic) bond motifs is 12. The summed E-state index contributed by atoms with van der Waals surface area (Å²) in [5, 5.41) is 15.3. The predicted octanol–water partition coefficient (Wildman–Crippen LogP) is 41.0. The number of thiophene rings is 3. The van der Waals surface area contributed by atoms with Crippen molar-refractivity contribution in [3.63, 3.8) is 0 Å². The van der Waals surface area contributed by atoms with Crippen LogP contribution in [0.1, 0.15) is 0 Å². The van der Waals surface area contributed by atoms with Gasteiger partial charge in [0.05, 0.1) is 16.1 Å². The van der Waals surface area contributed by atoms with E-state index in [4.69, 9.17) is 0 Å². The van der Waals surface area contributed by atoms with Gasteiger partial charge in [-0.15, -0.1) is 34.0 Å². The molecule has 0 saturated carbocycles. The van der Waals surface area contributed by atoms with Crippen molar-refractivity contribution in [2.45, 2.75) is 0 Å². The van der Waals surface area contributed by atoms with E-state index in [1.54, 1.807) is 0 Å². The molecule has 678 valence electrons. The summed E-state index contributed by atoms with van der Waals surface area (Å²) in [6, 6.07) is 204. The van der Waals surface area contributed by atoms with Crippen molar-refractivity contribution in [2.24, 2.45) is 0 Å². The number of hydrogen-bond donors (Lipinski definition) is 0. The summed E-state index contributed by atoms with van der Waals surface area (Å²) >= 11 is 5.61. The molecule has 24 aromatic carbocycles. The molecule has 0 aliphatic heterocycles. The fraction of sp³-hybridized carbons (Fsp3) is 0. The lowest BCUT2D eigenvalue weighted by Gasteiger charge is -2.27. The topological polar surface area (TPSA) is 9.72 Å². The number of rotatable bonds is 18. The number of anilines is 9. The standard InChI is InChI=1S/3C46H31NS/c1-3-11-32(12-4-1)34-21-24-36(25-22-34)41-17-10-20-44-45(41)42-18-9-19-43(46(42)48-44)47(39-15-5-2-6-16-39)40-29-27-35(28-30-40)38-26-23-33-13-7-8-14-37(33)31-38;1-3-11-32(12-4-1)34-21-24-36(25-22-34)41-17-9-19-43-45(41)46-42(18-10-20-44(46)48-43)47(39-15-5-2-6-16-39)40-29-27-35(28-30-40)38-26-23-33-13-7-8-14-37(33)31-38;1-3-10-32(11-4-1)34-18-21-36(22-19-34)42-16-9-17-44-46(42)43-29-28-41(31-45(43)48-44)47(39-14-5-2-6-15-39)40-26-24-35(25-27-40)38-23-20-33-12-7-8-13-37(33)30-38/h3*1-31H. The zero-order valence-electron chi connectivity index (χ0n) is 78.8. The lowest BCUT2D eigenvalue weighted by atomic mass is 9.96. The Balaban J connectivity index is 0.000000113. The van der Waals surface area contributed by atoms with Crippen LogP contribution in [0.4, 0.5) is 51.2 Å². The van der Waals surface area contributed by atoms with Crippen molar-refractivity contribution in [1.29, 1.82) is 0 Å². The van der Waals surface area contributed by atoms with Gasteiger partial charge in [0.1, 0.15) is 0 Å². The van der Waals surface area contributed by atoms with Gasteiger partial charge in [0.25, 0.3) is 0 Å². The molecule has 0 aliphatic rings. The second-order valence-corrected chi connectivity index (χ2v) is 39.7. The SMILES string of the molecule is c1ccc(-c2ccc(-c3cccc4sc5c(N(c6ccccc6)c6ccc(-c7ccc8ccccc8c7)cc6)cccc5c34)cc2)cc1.c1ccc(-c2ccc(-c3cccc4sc5cc(N(c6ccccc6)c6ccc(-c7ccc8ccccc8c7)cc6)ccc5c34)cc2)cc1.c1ccc(-c2ccc(-c3cccc4sc5cccc(N(c6ccccc6)c6ccc(-c7ccc8ccccc8c7)cc6)c5c34)cc2)cc1. The van der Waals surface area contributed by atoms with E-state index in [0.29, 0.717) is 0 Å². The van der Waals surface area contributed by atoms with Crippen LogP contribution in [0, 0.1) is 0 Å². The molecule has 0 saturated heterocycles. The smallest absolute Gasteiger partial charge is 0.0640 e. The predicted molar refractivity (Wildman–Crippen MR) is 623 cm³/mol. The Morgan fingerprint density at radius 2 is 0.389 bits per heavy atom. The van der Waals surface area contributed by atoms with Crippen molar-refractivity contribution in [1.82, 2.24) is 0 Å². The first-order valence-electron chi connectivity index (χ1n) is 49.0. The van der Waals surface area contributed by atoms with Gasteiger partial charge in [0.15, 0.2) is 0 Å². The van der Waals surface area contributed by atoms with Gasteiger partial charge in [-0.3, -0.25) is 0 Å². The summed E-state index contributed by atoms with van der Waals surface area (Å²) in [6.45, 7) is 0. The van der Waals surface area contributed by atoms with Gasteiger partial charge in [-0.1, -0.05) is 425 Å². The van der Waals surface area contributed by atoms with Crippen LogP contribution in [0.15, 0.2) is 564 Å². The Bertz CT molecular complexity index is 9310. The molecule has 3 nitrogen and oxygen atoms in total. The van der Waals surface area contributed by atoms with E-state index in [1.165, 1.54) is 204 Å². The summed E-state index contributed by atoms with van der Waals surface area (Å²) in [4.78, 5) is 7.17. The normalized spacial score (nSPS) is 11.3.